The van der Waals surface area contributed by atoms with E-state index in [-0.39, 0.29) is 0 Å². The molecule has 2 heterocycles. The zero-order chi connectivity index (χ0) is 11.5. The van der Waals surface area contributed by atoms with Gasteiger partial charge in [-0.1, -0.05) is 0 Å². The van der Waals surface area contributed by atoms with Gasteiger partial charge in [-0.25, -0.2) is 0 Å². The Morgan fingerprint density at radius 2 is 2.25 bits per heavy atom. The highest BCUT2D eigenvalue weighted by Gasteiger charge is 2.06. The molecule has 5 heteroatoms. The molecule has 0 saturated heterocycles. The van der Waals surface area contributed by atoms with Crippen LogP contribution in [0.1, 0.15) is 5.69 Å². The molecule has 2 aromatic rings. The van der Waals surface area contributed by atoms with Crippen molar-refractivity contribution in [2.45, 2.75) is 6.54 Å². The van der Waals surface area contributed by atoms with E-state index in [1.54, 1.807) is 17.1 Å². The predicted molar refractivity (Wildman–Crippen MR) is 64.0 cm³/mol. The van der Waals surface area contributed by atoms with E-state index in [2.05, 4.69) is 15.0 Å². The molecule has 0 saturated carbocycles. The molecule has 0 amide bonds. The summed E-state index contributed by atoms with van der Waals surface area (Å²) in [5.74, 6) is 0. The number of hydrogen-bond acceptors (Lipinski definition) is 4. The minimum atomic E-state index is 0.681. The standard InChI is InChI=1S/C11H15N5/c1-15(8-9-4-6-16(2)14-9)11-3-5-13-7-10(11)12/h3-7H,8,12H2,1-2H3. The van der Waals surface area contributed by atoms with Gasteiger partial charge in [0, 0.05) is 26.5 Å². The smallest absolute Gasteiger partial charge is 0.0817 e. The Morgan fingerprint density at radius 3 is 2.88 bits per heavy atom. The van der Waals surface area contributed by atoms with Crippen molar-refractivity contribution in [2.75, 3.05) is 17.7 Å². The van der Waals surface area contributed by atoms with Crippen molar-refractivity contribution in [1.29, 1.82) is 0 Å². The van der Waals surface area contributed by atoms with Crippen LogP contribution in [0.25, 0.3) is 0 Å². The molecule has 0 aliphatic carbocycles. The van der Waals surface area contributed by atoms with Crippen LogP contribution in [0.4, 0.5) is 11.4 Å². The van der Waals surface area contributed by atoms with E-state index in [1.807, 2.05) is 32.4 Å². The number of nitrogens with zero attached hydrogens (tertiary/aromatic N) is 4. The maximum Gasteiger partial charge on any atom is 0.0817 e. The van der Waals surface area contributed by atoms with E-state index in [9.17, 15) is 0 Å². The van der Waals surface area contributed by atoms with Gasteiger partial charge in [-0.3, -0.25) is 9.67 Å². The van der Waals surface area contributed by atoms with Crippen LogP contribution in [0.15, 0.2) is 30.7 Å². The maximum absolute atomic E-state index is 5.85. The first-order valence-corrected chi connectivity index (χ1v) is 5.06. The number of pyridine rings is 1. The highest BCUT2D eigenvalue weighted by Crippen LogP contribution is 2.20. The van der Waals surface area contributed by atoms with Crippen LogP contribution in [-0.2, 0) is 13.6 Å². The number of aromatic nitrogens is 3. The molecule has 2 rings (SSSR count). The number of nitrogens with two attached hydrogens (primary N) is 1. The lowest BCUT2D eigenvalue weighted by atomic mass is 10.3. The van der Waals surface area contributed by atoms with Gasteiger partial charge in [0.25, 0.3) is 0 Å². The number of anilines is 2. The second-order valence-electron chi connectivity index (χ2n) is 3.77. The van der Waals surface area contributed by atoms with Crippen molar-refractivity contribution in [1.82, 2.24) is 14.8 Å². The summed E-state index contributed by atoms with van der Waals surface area (Å²) in [5, 5.41) is 4.32. The summed E-state index contributed by atoms with van der Waals surface area (Å²) in [4.78, 5) is 6.02. The summed E-state index contributed by atoms with van der Waals surface area (Å²) in [6, 6.07) is 3.89. The van der Waals surface area contributed by atoms with Gasteiger partial charge in [-0.15, -0.1) is 0 Å². The van der Waals surface area contributed by atoms with Crippen LogP contribution < -0.4 is 10.6 Å². The van der Waals surface area contributed by atoms with Crippen LogP contribution in [0, 0.1) is 0 Å². The van der Waals surface area contributed by atoms with Gasteiger partial charge in [0.15, 0.2) is 0 Å². The molecule has 2 aromatic heterocycles. The van der Waals surface area contributed by atoms with Crippen LogP contribution in [0.5, 0.6) is 0 Å². The summed E-state index contributed by atoms with van der Waals surface area (Å²) in [6.07, 6.45) is 5.32. The first kappa shape index (κ1) is 10.5. The molecule has 0 aliphatic rings. The van der Waals surface area contributed by atoms with E-state index < -0.39 is 0 Å². The van der Waals surface area contributed by atoms with Gasteiger partial charge < -0.3 is 10.6 Å². The van der Waals surface area contributed by atoms with E-state index in [0.29, 0.717) is 5.69 Å². The van der Waals surface area contributed by atoms with Crippen LogP contribution in [0.2, 0.25) is 0 Å². The lowest BCUT2D eigenvalue weighted by Gasteiger charge is -2.19. The minimum Gasteiger partial charge on any atom is -0.396 e. The number of aryl methyl sites for hydroxylation is 1. The van der Waals surface area contributed by atoms with E-state index >= 15 is 0 Å². The van der Waals surface area contributed by atoms with Gasteiger partial charge in [-0.2, -0.15) is 5.10 Å². The molecule has 0 aromatic carbocycles. The fourth-order valence-corrected chi connectivity index (χ4v) is 1.62. The Balaban J connectivity index is 2.14. The molecule has 0 spiro atoms. The molecule has 0 unspecified atom stereocenters. The molecule has 2 N–H and O–H groups in total. The van der Waals surface area contributed by atoms with E-state index in [1.165, 1.54) is 0 Å². The first-order chi connectivity index (χ1) is 7.66. The summed E-state index contributed by atoms with van der Waals surface area (Å²) in [5.41, 5.74) is 8.52. The highest BCUT2D eigenvalue weighted by atomic mass is 15.3. The molecule has 0 fully saturated rings. The molecule has 0 atom stereocenters. The molecular formula is C11H15N5. The average molecular weight is 217 g/mol. The Hall–Kier alpha value is -2.04. The first-order valence-electron chi connectivity index (χ1n) is 5.06. The van der Waals surface area contributed by atoms with Crippen molar-refractivity contribution >= 4 is 11.4 Å². The summed E-state index contributed by atoms with van der Waals surface area (Å²) < 4.78 is 1.79. The number of hydrogen-bond donors (Lipinski definition) is 1. The zero-order valence-electron chi connectivity index (χ0n) is 9.46. The van der Waals surface area contributed by atoms with E-state index in [4.69, 9.17) is 5.73 Å². The molecule has 0 bridgehead atoms. The van der Waals surface area contributed by atoms with Crippen LogP contribution in [0.3, 0.4) is 0 Å². The normalized spacial score (nSPS) is 10.4. The summed E-state index contributed by atoms with van der Waals surface area (Å²) >= 11 is 0. The van der Waals surface area contributed by atoms with Crippen LogP contribution in [-0.4, -0.2) is 21.8 Å². The second kappa shape index (κ2) is 4.22. The predicted octanol–water partition coefficient (Wildman–Crippen LogP) is 1.03. The SMILES string of the molecule is CN(Cc1ccn(C)n1)c1ccncc1N. The van der Waals surface area contributed by atoms with Crippen molar-refractivity contribution in [2.24, 2.45) is 7.05 Å². The Morgan fingerprint density at radius 1 is 1.44 bits per heavy atom. The molecule has 0 radical (unpaired) electrons. The third-order valence-corrected chi connectivity index (χ3v) is 2.41. The van der Waals surface area contributed by atoms with Crippen LogP contribution >= 0.6 is 0 Å². The Bertz CT molecular complexity index is 477. The van der Waals surface area contributed by atoms with Gasteiger partial charge >= 0.3 is 0 Å². The lowest BCUT2D eigenvalue weighted by Crippen LogP contribution is -2.18. The number of rotatable bonds is 3. The molecular weight excluding hydrogens is 202 g/mol. The average Bonchev–Trinajstić information content (AvgIpc) is 2.64. The van der Waals surface area contributed by atoms with Gasteiger partial charge in [0.2, 0.25) is 0 Å². The minimum absolute atomic E-state index is 0.681. The van der Waals surface area contributed by atoms with Crippen molar-refractivity contribution in [3.8, 4) is 0 Å². The summed E-state index contributed by atoms with van der Waals surface area (Å²) in [7, 11) is 3.89. The van der Waals surface area contributed by atoms with Crippen molar-refractivity contribution in [3.05, 3.63) is 36.4 Å². The molecule has 5 nitrogen and oxygen atoms in total. The third-order valence-electron chi connectivity index (χ3n) is 2.41. The molecule has 16 heavy (non-hydrogen) atoms. The quantitative estimate of drug-likeness (QED) is 0.834. The third kappa shape index (κ3) is 2.13. The zero-order valence-corrected chi connectivity index (χ0v) is 9.46. The largest absolute Gasteiger partial charge is 0.396 e. The monoisotopic (exact) mass is 217 g/mol. The highest BCUT2D eigenvalue weighted by molar-refractivity contribution is 5.65. The van der Waals surface area contributed by atoms with Gasteiger partial charge in [0.1, 0.15) is 0 Å². The van der Waals surface area contributed by atoms with Gasteiger partial charge in [0.05, 0.1) is 29.8 Å². The number of nitrogen functional groups attached to an aromatic ring is 1. The fraction of sp³-hybridized carbons (Fsp3) is 0.273. The van der Waals surface area contributed by atoms with E-state index in [0.717, 1.165) is 17.9 Å². The summed E-state index contributed by atoms with van der Waals surface area (Å²) in [6.45, 7) is 0.731. The fourth-order valence-electron chi connectivity index (χ4n) is 1.62. The Kier molecular flexibility index (Phi) is 2.76. The molecule has 0 aliphatic heterocycles. The van der Waals surface area contributed by atoms with Crippen molar-refractivity contribution < 1.29 is 0 Å². The topological polar surface area (TPSA) is 60.0 Å². The molecule has 84 valence electrons. The van der Waals surface area contributed by atoms with Gasteiger partial charge in [-0.05, 0) is 12.1 Å². The van der Waals surface area contributed by atoms with Crippen molar-refractivity contribution in [3.63, 3.8) is 0 Å². The Labute approximate surface area is 94.5 Å². The maximum atomic E-state index is 5.85. The lowest BCUT2D eigenvalue weighted by molar-refractivity contribution is 0.734. The second-order valence-corrected chi connectivity index (χ2v) is 3.77.